The van der Waals surface area contributed by atoms with E-state index in [0.29, 0.717) is 29.8 Å². The quantitative estimate of drug-likeness (QED) is 0.829. The predicted octanol–water partition coefficient (Wildman–Crippen LogP) is 1.43. The monoisotopic (exact) mass is 287 g/mol. The van der Waals surface area contributed by atoms with Crippen LogP contribution in [-0.4, -0.2) is 22.5 Å². The number of carbonyl (C=O) groups excluding carboxylic acids is 1. The second kappa shape index (κ2) is 6.21. The fourth-order valence-corrected chi connectivity index (χ4v) is 2.11. The van der Waals surface area contributed by atoms with Crippen molar-refractivity contribution in [3.8, 4) is 0 Å². The summed E-state index contributed by atoms with van der Waals surface area (Å²) in [6, 6.07) is 7.05. The molecule has 0 unspecified atom stereocenters. The first-order valence-electron chi connectivity index (χ1n) is 6.63. The van der Waals surface area contributed by atoms with Gasteiger partial charge in [0.1, 0.15) is 0 Å². The number of nitrogens with one attached hydrogen (secondary N) is 1. The van der Waals surface area contributed by atoms with Gasteiger partial charge in [0.15, 0.2) is 0 Å². The molecule has 0 aliphatic rings. The van der Waals surface area contributed by atoms with Gasteiger partial charge in [-0.25, -0.2) is 9.78 Å². The number of carbonyl (C=O) groups is 1. The highest BCUT2D eigenvalue weighted by Gasteiger charge is 2.15. The van der Waals surface area contributed by atoms with E-state index in [2.05, 4.69) is 9.97 Å². The fourth-order valence-electron chi connectivity index (χ4n) is 2.11. The summed E-state index contributed by atoms with van der Waals surface area (Å²) in [6.45, 7) is 3.77. The van der Waals surface area contributed by atoms with Gasteiger partial charge in [-0.15, -0.1) is 0 Å². The van der Waals surface area contributed by atoms with Crippen molar-refractivity contribution in [1.82, 2.24) is 9.97 Å². The SMILES string of the molecule is CCOC(=O)c1ccccc1Cc1c(C)nc(N)[nH]c1=O. The van der Waals surface area contributed by atoms with Gasteiger partial charge in [-0.3, -0.25) is 9.78 Å². The molecule has 6 heteroatoms. The van der Waals surface area contributed by atoms with Gasteiger partial charge < -0.3 is 10.5 Å². The number of nitrogens with two attached hydrogens (primary N) is 1. The number of H-pyrrole nitrogens is 1. The van der Waals surface area contributed by atoms with E-state index in [9.17, 15) is 9.59 Å². The van der Waals surface area contributed by atoms with Gasteiger partial charge >= 0.3 is 5.97 Å². The van der Waals surface area contributed by atoms with Crippen LogP contribution in [0.3, 0.4) is 0 Å². The van der Waals surface area contributed by atoms with Crippen LogP contribution in [0.15, 0.2) is 29.1 Å². The summed E-state index contributed by atoms with van der Waals surface area (Å²) in [5.41, 5.74) is 7.42. The number of aromatic nitrogens is 2. The molecular weight excluding hydrogens is 270 g/mol. The van der Waals surface area contributed by atoms with Gasteiger partial charge in [0.25, 0.3) is 5.56 Å². The van der Waals surface area contributed by atoms with Gasteiger partial charge in [0.05, 0.1) is 17.9 Å². The van der Waals surface area contributed by atoms with Crippen LogP contribution in [0.4, 0.5) is 5.95 Å². The molecule has 0 radical (unpaired) electrons. The van der Waals surface area contributed by atoms with Crippen LogP contribution in [-0.2, 0) is 11.2 Å². The van der Waals surface area contributed by atoms with E-state index in [-0.39, 0.29) is 11.5 Å². The van der Waals surface area contributed by atoms with Crippen molar-refractivity contribution >= 4 is 11.9 Å². The number of anilines is 1. The van der Waals surface area contributed by atoms with Gasteiger partial charge in [-0.05, 0) is 25.5 Å². The van der Waals surface area contributed by atoms with Crippen LogP contribution < -0.4 is 11.3 Å². The maximum atomic E-state index is 12.0. The molecule has 1 aromatic carbocycles. The first-order chi connectivity index (χ1) is 10.0. The molecule has 1 aromatic heterocycles. The molecule has 0 bridgehead atoms. The molecule has 6 nitrogen and oxygen atoms in total. The summed E-state index contributed by atoms with van der Waals surface area (Å²) in [6.07, 6.45) is 0.295. The molecule has 0 spiro atoms. The molecule has 2 aromatic rings. The van der Waals surface area contributed by atoms with Crippen LogP contribution in [0.2, 0.25) is 0 Å². The fraction of sp³-hybridized carbons (Fsp3) is 0.267. The van der Waals surface area contributed by atoms with E-state index >= 15 is 0 Å². The van der Waals surface area contributed by atoms with Crippen molar-refractivity contribution in [2.75, 3.05) is 12.3 Å². The highest BCUT2D eigenvalue weighted by Crippen LogP contribution is 2.15. The number of aryl methyl sites for hydroxylation is 1. The van der Waals surface area contributed by atoms with Crippen molar-refractivity contribution in [3.05, 3.63) is 57.0 Å². The molecule has 21 heavy (non-hydrogen) atoms. The average Bonchev–Trinajstić information content (AvgIpc) is 2.43. The van der Waals surface area contributed by atoms with Crippen LogP contribution in [0.5, 0.6) is 0 Å². The molecular formula is C15H17N3O3. The first kappa shape index (κ1) is 14.8. The Balaban J connectivity index is 2.41. The molecule has 0 saturated heterocycles. The number of hydrogen-bond acceptors (Lipinski definition) is 5. The summed E-state index contributed by atoms with van der Waals surface area (Å²) in [5, 5.41) is 0. The van der Waals surface area contributed by atoms with E-state index in [1.807, 2.05) is 6.07 Å². The molecule has 1 heterocycles. The molecule has 110 valence electrons. The Kier molecular flexibility index (Phi) is 4.37. The molecule has 0 aliphatic carbocycles. The molecule has 3 N–H and O–H groups in total. The minimum absolute atomic E-state index is 0.0833. The van der Waals surface area contributed by atoms with Crippen molar-refractivity contribution < 1.29 is 9.53 Å². The summed E-state index contributed by atoms with van der Waals surface area (Å²) >= 11 is 0. The zero-order chi connectivity index (χ0) is 15.4. The topological polar surface area (TPSA) is 98.1 Å². The Morgan fingerprint density at radius 1 is 1.38 bits per heavy atom. The van der Waals surface area contributed by atoms with E-state index in [0.717, 1.165) is 5.56 Å². The smallest absolute Gasteiger partial charge is 0.338 e. The van der Waals surface area contributed by atoms with E-state index in [1.165, 1.54) is 0 Å². The van der Waals surface area contributed by atoms with Gasteiger partial charge in [-0.2, -0.15) is 0 Å². The number of esters is 1. The van der Waals surface area contributed by atoms with Crippen LogP contribution in [0.25, 0.3) is 0 Å². The molecule has 0 saturated carbocycles. The second-order valence-electron chi connectivity index (χ2n) is 4.57. The minimum Gasteiger partial charge on any atom is -0.462 e. The van der Waals surface area contributed by atoms with Crippen molar-refractivity contribution in [2.24, 2.45) is 0 Å². The molecule has 2 rings (SSSR count). The number of nitrogen functional groups attached to an aromatic ring is 1. The minimum atomic E-state index is -0.398. The molecule has 0 amide bonds. The third-order valence-electron chi connectivity index (χ3n) is 3.12. The number of aromatic amines is 1. The predicted molar refractivity (Wildman–Crippen MR) is 79.2 cm³/mol. The Morgan fingerprint density at radius 2 is 2.10 bits per heavy atom. The molecule has 0 aliphatic heterocycles. The Bertz CT molecular complexity index is 722. The standard InChI is InChI=1S/C15H17N3O3/c1-3-21-14(20)11-7-5-4-6-10(11)8-12-9(2)17-15(16)18-13(12)19/h4-7H,3,8H2,1-2H3,(H3,16,17,18,19). The summed E-state index contributed by atoms with van der Waals surface area (Å²) < 4.78 is 5.03. The summed E-state index contributed by atoms with van der Waals surface area (Å²) in [5.74, 6) is -0.314. The Hall–Kier alpha value is -2.63. The van der Waals surface area contributed by atoms with Crippen molar-refractivity contribution in [2.45, 2.75) is 20.3 Å². The second-order valence-corrected chi connectivity index (χ2v) is 4.57. The van der Waals surface area contributed by atoms with E-state index < -0.39 is 5.97 Å². The first-order valence-corrected chi connectivity index (χ1v) is 6.63. The summed E-state index contributed by atoms with van der Waals surface area (Å²) in [7, 11) is 0. The van der Waals surface area contributed by atoms with Crippen molar-refractivity contribution in [3.63, 3.8) is 0 Å². The lowest BCUT2D eigenvalue weighted by molar-refractivity contribution is 0.0525. The molecule has 0 atom stereocenters. The normalized spacial score (nSPS) is 10.4. The number of ether oxygens (including phenoxy) is 1. The third-order valence-corrected chi connectivity index (χ3v) is 3.12. The largest absolute Gasteiger partial charge is 0.462 e. The van der Waals surface area contributed by atoms with Crippen LogP contribution >= 0.6 is 0 Å². The van der Waals surface area contributed by atoms with Gasteiger partial charge in [0, 0.05) is 12.0 Å². The lowest BCUT2D eigenvalue weighted by atomic mass is 10.00. The third kappa shape index (κ3) is 3.28. The lowest BCUT2D eigenvalue weighted by Crippen LogP contribution is -2.19. The van der Waals surface area contributed by atoms with Crippen LogP contribution in [0, 0.1) is 6.92 Å². The average molecular weight is 287 g/mol. The zero-order valence-corrected chi connectivity index (χ0v) is 12.0. The maximum Gasteiger partial charge on any atom is 0.338 e. The van der Waals surface area contributed by atoms with Crippen molar-refractivity contribution in [1.29, 1.82) is 0 Å². The summed E-state index contributed by atoms with van der Waals surface area (Å²) in [4.78, 5) is 30.4. The highest BCUT2D eigenvalue weighted by atomic mass is 16.5. The van der Waals surface area contributed by atoms with E-state index in [1.54, 1.807) is 32.0 Å². The number of nitrogens with zero attached hydrogens (tertiary/aromatic N) is 1. The lowest BCUT2D eigenvalue weighted by Gasteiger charge is -2.10. The zero-order valence-electron chi connectivity index (χ0n) is 12.0. The molecule has 0 fully saturated rings. The van der Waals surface area contributed by atoms with Gasteiger partial charge in [0.2, 0.25) is 5.95 Å². The van der Waals surface area contributed by atoms with Crippen LogP contribution in [0.1, 0.15) is 34.1 Å². The maximum absolute atomic E-state index is 12.0. The van der Waals surface area contributed by atoms with E-state index in [4.69, 9.17) is 10.5 Å². The number of rotatable bonds is 4. The van der Waals surface area contributed by atoms with Gasteiger partial charge in [-0.1, -0.05) is 18.2 Å². The highest BCUT2D eigenvalue weighted by molar-refractivity contribution is 5.91. The Morgan fingerprint density at radius 3 is 2.76 bits per heavy atom. The number of hydrogen-bond donors (Lipinski definition) is 2. The number of benzene rings is 1. The Labute approximate surface area is 122 Å².